The molecule has 0 fully saturated rings. The normalized spacial score (nSPS) is 12.2. The van der Waals surface area contributed by atoms with Gasteiger partial charge in [0.25, 0.3) is 5.91 Å². The molecule has 0 unspecified atom stereocenters. The number of hydrogen-bond donors (Lipinski definition) is 1. The van der Waals surface area contributed by atoms with Crippen LogP contribution in [0.1, 0.15) is 15.9 Å². The van der Waals surface area contributed by atoms with Crippen LogP contribution in [0.15, 0.2) is 54.6 Å². The zero-order valence-electron chi connectivity index (χ0n) is 13.9. The summed E-state index contributed by atoms with van der Waals surface area (Å²) in [5, 5.41) is 2.04. The van der Waals surface area contributed by atoms with E-state index in [0.29, 0.717) is 17.9 Å². The van der Waals surface area contributed by atoms with Crippen molar-refractivity contribution in [2.45, 2.75) is 6.42 Å². The second-order valence-electron chi connectivity index (χ2n) is 6.04. The summed E-state index contributed by atoms with van der Waals surface area (Å²) in [4.78, 5) is 14.6. The van der Waals surface area contributed by atoms with Gasteiger partial charge in [-0.3, -0.25) is 4.79 Å². The summed E-state index contributed by atoms with van der Waals surface area (Å²) >= 11 is 0. The fourth-order valence-electron chi connectivity index (χ4n) is 3.12. The van der Waals surface area contributed by atoms with Gasteiger partial charge in [-0.15, -0.1) is 12.4 Å². The lowest BCUT2D eigenvalue weighted by atomic mass is 10.0. The van der Waals surface area contributed by atoms with Gasteiger partial charge in [-0.05, 0) is 46.7 Å². The van der Waals surface area contributed by atoms with Gasteiger partial charge < -0.3 is 15.4 Å². The lowest BCUT2D eigenvalue weighted by Gasteiger charge is -2.19. The van der Waals surface area contributed by atoms with Crippen LogP contribution >= 0.6 is 12.4 Å². The molecule has 0 saturated heterocycles. The number of anilines is 2. The monoisotopic (exact) mass is 354 g/mol. The molecule has 0 radical (unpaired) electrons. The van der Waals surface area contributed by atoms with Gasteiger partial charge in [-0.1, -0.05) is 24.3 Å². The van der Waals surface area contributed by atoms with E-state index in [9.17, 15) is 4.79 Å². The van der Waals surface area contributed by atoms with Gasteiger partial charge in [0.1, 0.15) is 5.75 Å². The Balaban J connectivity index is 0.00000182. The lowest BCUT2D eigenvalue weighted by Crippen LogP contribution is -2.27. The molecule has 0 bridgehead atoms. The number of carbonyl (C=O) groups is 1. The largest absolute Gasteiger partial charge is 0.493 e. The van der Waals surface area contributed by atoms with Gasteiger partial charge in [0.2, 0.25) is 0 Å². The highest BCUT2D eigenvalue weighted by Crippen LogP contribution is 2.30. The molecule has 128 valence electrons. The summed E-state index contributed by atoms with van der Waals surface area (Å²) in [6.45, 7) is 0.702. The predicted molar refractivity (Wildman–Crippen MR) is 104 cm³/mol. The Morgan fingerprint density at radius 1 is 1.08 bits per heavy atom. The summed E-state index contributed by atoms with van der Waals surface area (Å²) in [5.41, 5.74) is 9.12. The molecule has 0 spiro atoms. The minimum absolute atomic E-state index is 0. The Kier molecular flexibility index (Phi) is 4.55. The van der Waals surface area contributed by atoms with E-state index in [1.54, 1.807) is 11.9 Å². The molecule has 5 heteroatoms. The van der Waals surface area contributed by atoms with Crippen molar-refractivity contribution in [3.63, 3.8) is 0 Å². The molecule has 1 aliphatic rings. The summed E-state index contributed by atoms with van der Waals surface area (Å²) in [6, 6.07) is 17.4. The first-order chi connectivity index (χ1) is 11.6. The first-order valence-corrected chi connectivity index (χ1v) is 7.95. The van der Waals surface area contributed by atoms with Crippen molar-refractivity contribution in [1.29, 1.82) is 0 Å². The highest BCUT2D eigenvalue weighted by atomic mass is 35.5. The van der Waals surface area contributed by atoms with Crippen LogP contribution in [0.25, 0.3) is 10.8 Å². The molecule has 1 amide bonds. The van der Waals surface area contributed by atoms with Gasteiger partial charge in [0, 0.05) is 24.8 Å². The second-order valence-corrected chi connectivity index (χ2v) is 6.04. The van der Waals surface area contributed by atoms with Crippen molar-refractivity contribution in [2.24, 2.45) is 0 Å². The maximum atomic E-state index is 12.9. The molecular formula is C20H19ClN2O2. The quantitative estimate of drug-likeness (QED) is 0.706. The second kappa shape index (κ2) is 6.65. The molecule has 1 aliphatic heterocycles. The van der Waals surface area contributed by atoms with Crippen LogP contribution in [-0.2, 0) is 6.42 Å². The van der Waals surface area contributed by atoms with Crippen LogP contribution in [0.5, 0.6) is 5.75 Å². The van der Waals surface area contributed by atoms with E-state index in [-0.39, 0.29) is 18.3 Å². The van der Waals surface area contributed by atoms with Crippen LogP contribution < -0.4 is 15.4 Å². The summed E-state index contributed by atoms with van der Waals surface area (Å²) < 4.78 is 5.52. The van der Waals surface area contributed by atoms with Crippen molar-refractivity contribution in [3.05, 3.63) is 65.7 Å². The first-order valence-electron chi connectivity index (χ1n) is 7.95. The minimum atomic E-state index is -0.114. The van der Waals surface area contributed by atoms with Crippen molar-refractivity contribution in [3.8, 4) is 5.75 Å². The molecular weight excluding hydrogens is 336 g/mol. The Labute approximate surface area is 152 Å². The van der Waals surface area contributed by atoms with Crippen LogP contribution in [0.2, 0.25) is 0 Å². The number of benzene rings is 3. The van der Waals surface area contributed by atoms with Crippen LogP contribution in [0, 0.1) is 0 Å². The topological polar surface area (TPSA) is 55.6 Å². The highest BCUT2D eigenvalue weighted by molar-refractivity contribution is 6.11. The summed E-state index contributed by atoms with van der Waals surface area (Å²) in [7, 11) is 1.77. The number of rotatable bonds is 2. The highest BCUT2D eigenvalue weighted by Gasteiger charge is 2.19. The van der Waals surface area contributed by atoms with E-state index >= 15 is 0 Å². The van der Waals surface area contributed by atoms with E-state index in [1.807, 2.05) is 54.6 Å². The third-order valence-corrected chi connectivity index (χ3v) is 4.51. The average Bonchev–Trinajstić information content (AvgIpc) is 3.07. The Bertz CT molecular complexity index is 956. The molecule has 3 aromatic carbocycles. The number of fused-ring (bicyclic) bond motifs is 2. The van der Waals surface area contributed by atoms with E-state index < -0.39 is 0 Å². The molecule has 1 heterocycles. The number of amides is 1. The number of nitrogens with two attached hydrogens (primary N) is 1. The molecule has 0 aromatic heterocycles. The maximum absolute atomic E-state index is 12.9. The van der Waals surface area contributed by atoms with Crippen LogP contribution in [0.4, 0.5) is 11.4 Å². The lowest BCUT2D eigenvalue weighted by molar-refractivity contribution is 0.0994. The molecule has 2 N–H and O–H groups in total. The summed E-state index contributed by atoms with van der Waals surface area (Å²) in [6.07, 6.45) is 0.878. The smallest absolute Gasteiger partial charge is 0.260 e. The van der Waals surface area contributed by atoms with Gasteiger partial charge in [0.05, 0.1) is 12.2 Å². The van der Waals surface area contributed by atoms with Crippen molar-refractivity contribution < 1.29 is 9.53 Å². The molecule has 25 heavy (non-hydrogen) atoms. The van der Waals surface area contributed by atoms with Crippen molar-refractivity contribution in [2.75, 3.05) is 24.3 Å². The molecule has 3 aromatic rings. The third-order valence-electron chi connectivity index (χ3n) is 4.51. The SMILES string of the molecule is CN(C(=O)c1cc2ccccc2cc1N)c1ccc2c(c1)CCO2.Cl. The van der Waals surface area contributed by atoms with Crippen molar-refractivity contribution >= 4 is 40.5 Å². The van der Waals surface area contributed by atoms with E-state index in [4.69, 9.17) is 10.5 Å². The fraction of sp³-hybridized carbons (Fsp3) is 0.150. The number of halogens is 1. The van der Waals surface area contributed by atoms with E-state index in [1.165, 1.54) is 0 Å². The zero-order chi connectivity index (χ0) is 16.7. The van der Waals surface area contributed by atoms with Gasteiger partial charge in [-0.2, -0.15) is 0 Å². The number of hydrogen-bond acceptors (Lipinski definition) is 3. The Hall–Kier alpha value is -2.72. The third kappa shape index (κ3) is 3.01. The van der Waals surface area contributed by atoms with Gasteiger partial charge in [0.15, 0.2) is 0 Å². The number of nitrogen functional groups attached to an aromatic ring is 1. The van der Waals surface area contributed by atoms with Gasteiger partial charge in [-0.25, -0.2) is 0 Å². The zero-order valence-corrected chi connectivity index (χ0v) is 14.7. The van der Waals surface area contributed by atoms with Crippen LogP contribution in [-0.4, -0.2) is 19.6 Å². The molecule has 0 saturated carbocycles. The maximum Gasteiger partial charge on any atom is 0.260 e. The average molecular weight is 355 g/mol. The standard InChI is InChI=1S/C20H18N2O2.ClH/c1-22(16-6-7-19-15(10-16)8-9-24-19)20(23)17-11-13-4-2-3-5-14(13)12-18(17)21;/h2-7,10-12H,8-9,21H2,1H3;1H. The van der Waals surface area contributed by atoms with E-state index in [2.05, 4.69) is 0 Å². The van der Waals surface area contributed by atoms with Crippen molar-refractivity contribution in [1.82, 2.24) is 0 Å². The minimum Gasteiger partial charge on any atom is -0.493 e. The van der Waals surface area contributed by atoms with Gasteiger partial charge >= 0.3 is 0 Å². The number of nitrogens with zero attached hydrogens (tertiary/aromatic N) is 1. The first kappa shape index (κ1) is 17.1. The number of ether oxygens (including phenoxy) is 1. The fourth-order valence-corrected chi connectivity index (χ4v) is 3.12. The molecule has 0 aliphatic carbocycles. The molecule has 0 atom stereocenters. The Morgan fingerprint density at radius 2 is 1.80 bits per heavy atom. The number of carbonyl (C=O) groups excluding carboxylic acids is 1. The summed E-state index contributed by atoms with van der Waals surface area (Å²) in [5.74, 6) is 0.793. The molecule has 4 nitrogen and oxygen atoms in total. The molecule has 4 rings (SSSR count). The predicted octanol–water partition coefficient (Wildman–Crippen LogP) is 4.06. The van der Waals surface area contributed by atoms with E-state index in [0.717, 1.165) is 34.2 Å². The Morgan fingerprint density at radius 3 is 2.56 bits per heavy atom. The van der Waals surface area contributed by atoms with Crippen LogP contribution in [0.3, 0.4) is 0 Å².